The average molecular weight is 412 g/mol. The standard InChI is InChI=1S/C20H17FN4O5/c21-13-3-1-11(2-4-13)12-7-14(18(28)16(26)8-12)19(29)22-5-6-23-20(30)15-9-17(27)25-10-24-15/h1-4,7-10,26,28H,5-6H2,(H,22,29)(H,23,30)(H,24,25,27). The number of hydrogen-bond acceptors (Lipinski definition) is 6. The summed E-state index contributed by atoms with van der Waals surface area (Å²) in [5.74, 6) is -2.81. The third-order valence-corrected chi connectivity index (χ3v) is 4.12. The summed E-state index contributed by atoms with van der Waals surface area (Å²) in [6.07, 6.45) is 1.10. The molecule has 0 radical (unpaired) electrons. The Morgan fingerprint density at radius 2 is 1.63 bits per heavy atom. The highest BCUT2D eigenvalue weighted by atomic mass is 19.1. The van der Waals surface area contributed by atoms with Crippen molar-refractivity contribution in [3.63, 3.8) is 0 Å². The van der Waals surface area contributed by atoms with Crippen LogP contribution in [0.2, 0.25) is 0 Å². The lowest BCUT2D eigenvalue weighted by molar-refractivity contribution is 0.0923. The maximum atomic E-state index is 13.1. The van der Waals surface area contributed by atoms with Crippen molar-refractivity contribution in [1.82, 2.24) is 20.6 Å². The lowest BCUT2D eigenvalue weighted by Gasteiger charge is -2.11. The molecule has 0 unspecified atom stereocenters. The van der Waals surface area contributed by atoms with Crippen LogP contribution in [0.3, 0.4) is 0 Å². The topological polar surface area (TPSA) is 144 Å². The van der Waals surface area contributed by atoms with Gasteiger partial charge in [-0.3, -0.25) is 14.4 Å². The second-order valence-corrected chi connectivity index (χ2v) is 6.21. The van der Waals surface area contributed by atoms with Crippen LogP contribution in [0.25, 0.3) is 11.1 Å². The van der Waals surface area contributed by atoms with Crippen molar-refractivity contribution >= 4 is 11.8 Å². The fourth-order valence-electron chi connectivity index (χ4n) is 2.63. The molecule has 154 valence electrons. The van der Waals surface area contributed by atoms with E-state index in [1.165, 1.54) is 36.4 Å². The summed E-state index contributed by atoms with van der Waals surface area (Å²) in [6.45, 7) is 0.0399. The first-order chi connectivity index (χ1) is 14.3. The lowest BCUT2D eigenvalue weighted by atomic mass is 10.0. The van der Waals surface area contributed by atoms with Gasteiger partial charge in [-0.2, -0.15) is 0 Å². The second kappa shape index (κ2) is 8.86. The minimum atomic E-state index is -0.685. The zero-order valence-corrected chi connectivity index (χ0v) is 15.5. The molecule has 0 fully saturated rings. The number of rotatable bonds is 6. The molecule has 0 saturated carbocycles. The van der Waals surface area contributed by atoms with E-state index in [0.717, 1.165) is 12.4 Å². The molecule has 0 atom stereocenters. The molecular formula is C20H17FN4O5. The summed E-state index contributed by atoms with van der Waals surface area (Å²) in [5, 5.41) is 24.9. The minimum Gasteiger partial charge on any atom is -0.504 e. The quantitative estimate of drug-likeness (QED) is 0.303. The first-order valence-corrected chi connectivity index (χ1v) is 8.78. The summed E-state index contributed by atoms with van der Waals surface area (Å²) in [5.41, 5.74) is 0.221. The molecule has 2 aromatic carbocycles. The molecule has 5 N–H and O–H groups in total. The fraction of sp³-hybridized carbons (Fsp3) is 0.100. The van der Waals surface area contributed by atoms with Gasteiger partial charge in [-0.05, 0) is 35.4 Å². The van der Waals surface area contributed by atoms with Crippen molar-refractivity contribution in [2.24, 2.45) is 0 Å². The van der Waals surface area contributed by atoms with Crippen molar-refractivity contribution < 1.29 is 24.2 Å². The van der Waals surface area contributed by atoms with Crippen LogP contribution < -0.4 is 16.2 Å². The van der Waals surface area contributed by atoms with Gasteiger partial charge in [0.25, 0.3) is 17.4 Å². The number of aromatic hydroxyl groups is 2. The Labute approximate surface area is 169 Å². The molecule has 0 spiro atoms. The molecule has 0 bridgehead atoms. The normalized spacial score (nSPS) is 10.4. The second-order valence-electron chi connectivity index (χ2n) is 6.21. The van der Waals surface area contributed by atoms with Crippen LogP contribution in [-0.4, -0.2) is 45.1 Å². The van der Waals surface area contributed by atoms with Crippen LogP contribution in [0.4, 0.5) is 4.39 Å². The SMILES string of the molecule is O=C(NCCNC(=O)c1cc(-c2ccc(F)cc2)cc(O)c1O)c1cc(=O)[nH]cn1. The molecule has 30 heavy (non-hydrogen) atoms. The summed E-state index contributed by atoms with van der Waals surface area (Å²) >= 11 is 0. The number of hydrogen-bond donors (Lipinski definition) is 5. The highest BCUT2D eigenvalue weighted by Crippen LogP contribution is 2.34. The van der Waals surface area contributed by atoms with E-state index in [1.807, 2.05) is 0 Å². The van der Waals surface area contributed by atoms with Crippen LogP contribution >= 0.6 is 0 Å². The Morgan fingerprint density at radius 3 is 2.30 bits per heavy atom. The summed E-state index contributed by atoms with van der Waals surface area (Å²) in [4.78, 5) is 41.5. The van der Waals surface area contributed by atoms with Crippen molar-refractivity contribution in [1.29, 1.82) is 0 Å². The molecule has 1 aromatic heterocycles. The smallest absolute Gasteiger partial charge is 0.270 e. The highest BCUT2D eigenvalue weighted by molar-refractivity contribution is 5.99. The largest absolute Gasteiger partial charge is 0.504 e. The molecule has 0 aliphatic carbocycles. The van der Waals surface area contributed by atoms with Gasteiger partial charge in [0, 0.05) is 19.2 Å². The predicted octanol–water partition coefficient (Wildman–Crippen LogP) is 1.15. The summed E-state index contributed by atoms with van der Waals surface area (Å²) in [7, 11) is 0. The first-order valence-electron chi connectivity index (χ1n) is 8.78. The number of aromatic amines is 1. The number of carbonyl (C=O) groups excluding carboxylic acids is 2. The number of aromatic nitrogens is 2. The van der Waals surface area contributed by atoms with Crippen LogP contribution in [0.15, 0.2) is 53.6 Å². The van der Waals surface area contributed by atoms with Crippen molar-refractivity contribution in [2.75, 3.05) is 13.1 Å². The number of H-pyrrole nitrogens is 1. The van der Waals surface area contributed by atoms with Gasteiger partial charge < -0.3 is 25.8 Å². The molecular weight excluding hydrogens is 395 g/mol. The number of phenols is 2. The van der Waals surface area contributed by atoms with E-state index >= 15 is 0 Å². The molecule has 0 aliphatic heterocycles. The zero-order chi connectivity index (χ0) is 21.7. The maximum Gasteiger partial charge on any atom is 0.270 e. The molecule has 3 aromatic rings. The predicted molar refractivity (Wildman–Crippen MR) is 105 cm³/mol. The Hall–Kier alpha value is -4.21. The first kappa shape index (κ1) is 20.5. The van der Waals surface area contributed by atoms with E-state index < -0.39 is 34.7 Å². The van der Waals surface area contributed by atoms with Crippen LogP contribution in [0.5, 0.6) is 11.5 Å². The van der Waals surface area contributed by atoms with Crippen LogP contribution in [0, 0.1) is 5.82 Å². The van der Waals surface area contributed by atoms with Gasteiger partial charge in [-0.1, -0.05) is 12.1 Å². The molecule has 0 saturated heterocycles. The van der Waals surface area contributed by atoms with E-state index in [1.54, 1.807) is 0 Å². The van der Waals surface area contributed by atoms with E-state index in [-0.39, 0.29) is 24.3 Å². The van der Waals surface area contributed by atoms with Crippen molar-refractivity contribution in [3.8, 4) is 22.6 Å². The van der Waals surface area contributed by atoms with Gasteiger partial charge in [0.05, 0.1) is 11.9 Å². The molecule has 2 amide bonds. The van der Waals surface area contributed by atoms with Crippen LogP contribution in [0.1, 0.15) is 20.8 Å². The van der Waals surface area contributed by atoms with Crippen molar-refractivity contribution in [2.45, 2.75) is 0 Å². The number of carbonyl (C=O) groups is 2. The third-order valence-electron chi connectivity index (χ3n) is 4.12. The Balaban J connectivity index is 1.64. The fourth-order valence-corrected chi connectivity index (χ4v) is 2.63. The van der Waals surface area contributed by atoms with Gasteiger partial charge in [-0.25, -0.2) is 9.37 Å². The summed E-state index contributed by atoms with van der Waals surface area (Å²) < 4.78 is 13.1. The lowest BCUT2D eigenvalue weighted by Crippen LogP contribution is -2.35. The average Bonchev–Trinajstić information content (AvgIpc) is 2.73. The Bertz CT molecular complexity index is 1140. The molecule has 0 aliphatic rings. The monoisotopic (exact) mass is 412 g/mol. The van der Waals surface area contributed by atoms with Gasteiger partial charge in [-0.15, -0.1) is 0 Å². The van der Waals surface area contributed by atoms with E-state index in [2.05, 4.69) is 20.6 Å². The van der Waals surface area contributed by atoms with Gasteiger partial charge in [0.1, 0.15) is 11.5 Å². The van der Waals surface area contributed by atoms with Gasteiger partial charge >= 0.3 is 0 Å². The number of halogens is 1. The molecule has 10 heteroatoms. The molecule has 9 nitrogen and oxygen atoms in total. The third kappa shape index (κ3) is 4.79. The number of nitrogens with zero attached hydrogens (tertiary/aromatic N) is 1. The molecule has 1 heterocycles. The van der Waals surface area contributed by atoms with Crippen LogP contribution in [-0.2, 0) is 0 Å². The van der Waals surface area contributed by atoms with E-state index in [9.17, 15) is 29.0 Å². The van der Waals surface area contributed by atoms with E-state index in [4.69, 9.17) is 0 Å². The van der Waals surface area contributed by atoms with Crippen molar-refractivity contribution in [3.05, 3.63) is 76.2 Å². The number of benzene rings is 2. The maximum absolute atomic E-state index is 13.1. The van der Waals surface area contributed by atoms with E-state index in [0.29, 0.717) is 11.1 Å². The Kier molecular flexibility index (Phi) is 6.06. The Morgan fingerprint density at radius 1 is 0.967 bits per heavy atom. The summed E-state index contributed by atoms with van der Waals surface area (Å²) in [6, 6.07) is 9.07. The van der Waals surface area contributed by atoms with Gasteiger partial charge in [0.2, 0.25) is 0 Å². The number of amides is 2. The zero-order valence-electron chi connectivity index (χ0n) is 15.5. The minimum absolute atomic E-state index is 0.00867. The molecule has 3 rings (SSSR count). The highest BCUT2D eigenvalue weighted by Gasteiger charge is 2.17. The number of phenolic OH excluding ortho intramolecular Hbond substituents is 2. The number of nitrogens with one attached hydrogen (secondary N) is 3. The van der Waals surface area contributed by atoms with Gasteiger partial charge in [0.15, 0.2) is 11.5 Å².